The quantitative estimate of drug-likeness (QED) is 0.642. The first-order valence-electron chi connectivity index (χ1n) is 5.19. The maximum absolute atomic E-state index is 9.13. The number of aliphatic hydroxyl groups excluding tert-OH is 1. The maximum Gasteiger partial charge on any atom is 0.110 e. The van der Waals surface area contributed by atoms with E-state index in [0.29, 0.717) is 0 Å². The zero-order valence-electron chi connectivity index (χ0n) is 8.56. The smallest absolute Gasteiger partial charge is 0.110 e. The molecule has 0 spiro atoms. The van der Waals surface area contributed by atoms with Crippen LogP contribution in [0, 0.1) is 0 Å². The zero-order valence-corrected chi connectivity index (χ0v) is 8.56. The molecule has 4 heteroatoms. The van der Waals surface area contributed by atoms with Crippen molar-refractivity contribution in [3.05, 3.63) is 35.4 Å². The topological polar surface area (TPSA) is 55.7 Å². The largest absolute Gasteiger partial charge is 0.396 e. The van der Waals surface area contributed by atoms with Gasteiger partial charge in [-0.1, -0.05) is 24.3 Å². The van der Waals surface area contributed by atoms with Gasteiger partial charge in [0.2, 0.25) is 0 Å². The molecule has 1 unspecified atom stereocenters. The Hall–Kier alpha value is -0.940. The molecule has 4 nitrogen and oxygen atoms in total. The molecule has 0 bridgehead atoms. The van der Waals surface area contributed by atoms with Gasteiger partial charge in [0.1, 0.15) is 6.17 Å². The molecule has 1 atom stereocenters. The van der Waals surface area contributed by atoms with Crippen LogP contribution in [0.1, 0.15) is 23.7 Å². The van der Waals surface area contributed by atoms with Crippen molar-refractivity contribution >= 4 is 0 Å². The first-order chi connectivity index (χ1) is 7.36. The number of aliphatic hydroxyl groups is 1. The molecule has 0 saturated carbocycles. The van der Waals surface area contributed by atoms with Crippen LogP contribution in [-0.2, 0) is 6.54 Å². The van der Waals surface area contributed by atoms with Crippen molar-refractivity contribution < 1.29 is 10.3 Å². The third-order valence-electron chi connectivity index (χ3n) is 2.81. The van der Waals surface area contributed by atoms with Gasteiger partial charge in [-0.15, -0.1) is 0 Å². The molecule has 1 aliphatic heterocycles. The highest BCUT2D eigenvalue weighted by Crippen LogP contribution is 2.30. The van der Waals surface area contributed by atoms with Crippen LogP contribution in [0.4, 0.5) is 0 Å². The van der Waals surface area contributed by atoms with E-state index in [1.807, 2.05) is 18.2 Å². The number of hydrogen-bond acceptors (Lipinski definition) is 4. The molecule has 1 aromatic carbocycles. The van der Waals surface area contributed by atoms with Gasteiger partial charge in [0.15, 0.2) is 0 Å². The summed E-state index contributed by atoms with van der Waals surface area (Å²) in [5.74, 6) is 0. The zero-order chi connectivity index (χ0) is 10.7. The van der Waals surface area contributed by atoms with E-state index >= 15 is 0 Å². The molecule has 3 N–H and O–H groups in total. The average molecular weight is 208 g/mol. The second kappa shape index (κ2) is 4.72. The SMILES string of the molecule is OCCCN1Cc2ccccc2C1NO. The van der Waals surface area contributed by atoms with Crippen molar-refractivity contribution in [2.45, 2.75) is 19.1 Å². The van der Waals surface area contributed by atoms with Crippen LogP contribution in [-0.4, -0.2) is 28.4 Å². The summed E-state index contributed by atoms with van der Waals surface area (Å²) in [5.41, 5.74) is 4.68. The highest BCUT2D eigenvalue weighted by molar-refractivity contribution is 5.33. The normalized spacial score (nSPS) is 20.5. The molecule has 0 amide bonds. The average Bonchev–Trinajstić information content (AvgIpc) is 2.63. The molecule has 2 rings (SSSR count). The van der Waals surface area contributed by atoms with E-state index in [0.717, 1.165) is 25.1 Å². The Bertz CT molecular complexity index is 330. The fourth-order valence-corrected chi connectivity index (χ4v) is 2.08. The highest BCUT2D eigenvalue weighted by Gasteiger charge is 2.28. The predicted octanol–water partition coefficient (Wildman–Crippen LogP) is 0.862. The first kappa shape index (κ1) is 10.6. The Balaban J connectivity index is 2.13. The van der Waals surface area contributed by atoms with E-state index < -0.39 is 0 Å². The van der Waals surface area contributed by atoms with E-state index in [9.17, 15) is 0 Å². The Kier molecular flexibility index (Phi) is 3.33. The Labute approximate surface area is 89.1 Å². The van der Waals surface area contributed by atoms with E-state index in [4.69, 9.17) is 10.3 Å². The summed E-state index contributed by atoms with van der Waals surface area (Å²) in [4.78, 5) is 2.11. The molecule has 15 heavy (non-hydrogen) atoms. The molecular formula is C11H16N2O2. The standard InChI is InChI=1S/C11H16N2O2/c14-7-3-6-13-8-9-4-1-2-5-10(9)11(13)12-15/h1-2,4-5,11-12,14-15H,3,6-8H2. The lowest BCUT2D eigenvalue weighted by Crippen LogP contribution is -2.32. The summed E-state index contributed by atoms with van der Waals surface area (Å²) >= 11 is 0. The van der Waals surface area contributed by atoms with Crippen molar-refractivity contribution in [2.24, 2.45) is 0 Å². The van der Waals surface area contributed by atoms with E-state index in [1.54, 1.807) is 0 Å². The van der Waals surface area contributed by atoms with Gasteiger partial charge in [0.25, 0.3) is 0 Å². The summed E-state index contributed by atoms with van der Waals surface area (Å²) in [5, 5.41) is 17.9. The molecule has 0 saturated heterocycles. The van der Waals surface area contributed by atoms with Gasteiger partial charge in [-0.05, 0) is 17.5 Å². The number of hydrogen-bond donors (Lipinski definition) is 3. The summed E-state index contributed by atoms with van der Waals surface area (Å²) in [6.45, 7) is 1.79. The Morgan fingerprint density at radius 1 is 1.40 bits per heavy atom. The van der Waals surface area contributed by atoms with Gasteiger partial charge in [-0.25, -0.2) is 0 Å². The number of benzene rings is 1. The predicted molar refractivity (Wildman–Crippen MR) is 56.2 cm³/mol. The van der Waals surface area contributed by atoms with Crippen molar-refractivity contribution in [3.63, 3.8) is 0 Å². The van der Waals surface area contributed by atoms with Crippen LogP contribution < -0.4 is 5.48 Å². The molecule has 0 fully saturated rings. The molecule has 1 aromatic rings. The van der Waals surface area contributed by atoms with Gasteiger partial charge in [-0.3, -0.25) is 4.90 Å². The monoisotopic (exact) mass is 208 g/mol. The van der Waals surface area contributed by atoms with Crippen molar-refractivity contribution in [3.8, 4) is 0 Å². The molecule has 0 aromatic heterocycles. The third-order valence-corrected chi connectivity index (χ3v) is 2.81. The lowest BCUT2D eigenvalue weighted by molar-refractivity contribution is 0.0365. The third kappa shape index (κ3) is 2.03. The van der Waals surface area contributed by atoms with Crippen LogP contribution in [0.5, 0.6) is 0 Å². The van der Waals surface area contributed by atoms with Crippen LogP contribution in [0.2, 0.25) is 0 Å². The maximum atomic E-state index is 9.13. The van der Waals surface area contributed by atoms with Gasteiger partial charge in [-0.2, -0.15) is 5.48 Å². The van der Waals surface area contributed by atoms with Crippen LogP contribution in [0.15, 0.2) is 24.3 Å². The van der Waals surface area contributed by atoms with E-state index in [1.165, 1.54) is 5.56 Å². The highest BCUT2D eigenvalue weighted by atomic mass is 16.5. The number of hydroxylamine groups is 1. The fourth-order valence-electron chi connectivity index (χ4n) is 2.08. The second-order valence-corrected chi connectivity index (χ2v) is 3.78. The van der Waals surface area contributed by atoms with Crippen LogP contribution in [0.25, 0.3) is 0 Å². The Morgan fingerprint density at radius 3 is 2.93 bits per heavy atom. The van der Waals surface area contributed by atoms with Crippen molar-refractivity contribution in [1.29, 1.82) is 0 Å². The lowest BCUT2D eigenvalue weighted by Gasteiger charge is -2.22. The number of nitrogens with zero attached hydrogens (tertiary/aromatic N) is 1. The molecule has 0 aliphatic carbocycles. The molecule has 0 radical (unpaired) electrons. The van der Waals surface area contributed by atoms with Crippen LogP contribution >= 0.6 is 0 Å². The van der Waals surface area contributed by atoms with Gasteiger partial charge in [0, 0.05) is 19.7 Å². The van der Waals surface area contributed by atoms with Crippen molar-refractivity contribution in [1.82, 2.24) is 10.4 Å². The summed E-state index contributed by atoms with van der Waals surface area (Å²) < 4.78 is 0. The summed E-state index contributed by atoms with van der Waals surface area (Å²) in [6, 6.07) is 8.06. The van der Waals surface area contributed by atoms with Crippen LogP contribution in [0.3, 0.4) is 0 Å². The molecule has 82 valence electrons. The minimum Gasteiger partial charge on any atom is -0.396 e. The number of rotatable bonds is 4. The van der Waals surface area contributed by atoms with E-state index in [-0.39, 0.29) is 12.8 Å². The van der Waals surface area contributed by atoms with E-state index in [2.05, 4.69) is 16.4 Å². The Morgan fingerprint density at radius 2 is 2.20 bits per heavy atom. The van der Waals surface area contributed by atoms with Crippen molar-refractivity contribution in [2.75, 3.05) is 13.2 Å². The summed E-state index contributed by atoms with van der Waals surface area (Å²) in [6.07, 6.45) is 0.597. The van der Waals surface area contributed by atoms with Gasteiger partial charge in [0.05, 0.1) is 0 Å². The molecule has 1 aliphatic rings. The minimum atomic E-state index is -0.132. The first-order valence-corrected chi connectivity index (χ1v) is 5.19. The lowest BCUT2D eigenvalue weighted by atomic mass is 10.1. The van der Waals surface area contributed by atoms with Gasteiger partial charge >= 0.3 is 0 Å². The molecule has 1 heterocycles. The number of fused-ring (bicyclic) bond motifs is 1. The number of nitrogens with one attached hydrogen (secondary N) is 1. The molecular weight excluding hydrogens is 192 g/mol. The summed E-state index contributed by atoms with van der Waals surface area (Å²) in [7, 11) is 0. The minimum absolute atomic E-state index is 0.132. The van der Waals surface area contributed by atoms with Gasteiger partial charge < -0.3 is 10.3 Å². The fraction of sp³-hybridized carbons (Fsp3) is 0.455. The second-order valence-electron chi connectivity index (χ2n) is 3.78.